The quantitative estimate of drug-likeness (QED) is 0.531. The first-order valence-corrected chi connectivity index (χ1v) is 13.3. The van der Waals surface area contributed by atoms with E-state index in [9.17, 15) is 18.0 Å². The Bertz CT molecular complexity index is 962. The summed E-state index contributed by atoms with van der Waals surface area (Å²) in [5.41, 5.74) is 0.320. The van der Waals surface area contributed by atoms with Crippen LogP contribution < -0.4 is 15.4 Å². The Labute approximate surface area is 202 Å². The van der Waals surface area contributed by atoms with E-state index in [1.54, 1.807) is 6.07 Å². The van der Waals surface area contributed by atoms with E-state index >= 15 is 0 Å². The van der Waals surface area contributed by atoms with E-state index in [0.29, 0.717) is 50.7 Å². The molecule has 10 nitrogen and oxygen atoms in total. The third kappa shape index (κ3) is 7.14. The average Bonchev–Trinajstić information content (AvgIpc) is 2.80. The Balaban J connectivity index is 1.72. The number of hydrogen-bond donors (Lipinski definition) is 2. The number of amides is 2. The lowest BCUT2D eigenvalue weighted by Crippen LogP contribution is -2.49. The number of sulfonamides is 1. The van der Waals surface area contributed by atoms with Gasteiger partial charge in [-0.15, -0.1) is 0 Å². The molecule has 0 saturated carbocycles. The van der Waals surface area contributed by atoms with Gasteiger partial charge in [0, 0.05) is 32.1 Å². The van der Waals surface area contributed by atoms with Gasteiger partial charge in [0.15, 0.2) is 0 Å². The predicted molar refractivity (Wildman–Crippen MR) is 128 cm³/mol. The number of likely N-dealkylation sites (tertiary alicyclic amines) is 1. The number of piperidine rings is 1. The molecule has 0 radical (unpaired) electrons. The second-order valence-corrected chi connectivity index (χ2v) is 10.8. The van der Waals surface area contributed by atoms with Crippen molar-refractivity contribution in [2.24, 2.45) is 0 Å². The van der Waals surface area contributed by atoms with Crippen LogP contribution in [0.15, 0.2) is 23.1 Å². The molecular weight excluding hydrogens is 460 g/mol. The van der Waals surface area contributed by atoms with Gasteiger partial charge < -0.3 is 20.1 Å². The molecule has 1 aromatic carbocycles. The first-order chi connectivity index (χ1) is 16.2. The molecule has 2 aliphatic rings. The number of nitrogens with one attached hydrogen (secondary N) is 2. The summed E-state index contributed by atoms with van der Waals surface area (Å²) in [5.74, 6) is 0.151. The topological polar surface area (TPSA) is 117 Å². The highest BCUT2D eigenvalue weighted by atomic mass is 32.2. The molecule has 2 aliphatic heterocycles. The average molecular weight is 497 g/mol. The van der Waals surface area contributed by atoms with Crippen LogP contribution in [0.5, 0.6) is 5.75 Å². The van der Waals surface area contributed by atoms with E-state index in [-0.39, 0.29) is 35.4 Å². The maximum absolute atomic E-state index is 13.1. The molecule has 0 bridgehead atoms. The van der Waals surface area contributed by atoms with Crippen molar-refractivity contribution < 1.29 is 27.5 Å². The SMILES string of the molecule is CCC(=O)NC1CCCN(CC(=O)Nc2cc(S(=O)(=O)N3CCOCC3)ccc2OC(C)C)C1. The zero-order valence-corrected chi connectivity index (χ0v) is 21.0. The van der Waals surface area contributed by atoms with Crippen LogP contribution >= 0.6 is 0 Å². The molecule has 190 valence electrons. The minimum atomic E-state index is -3.72. The molecule has 0 aromatic heterocycles. The van der Waals surface area contributed by atoms with Gasteiger partial charge in [0.1, 0.15) is 5.75 Å². The standard InChI is InChI=1S/C23H36N4O6S/c1-4-22(28)24-18-6-5-9-26(15-18)16-23(29)25-20-14-19(7-8-21(20)33-17(2)3)34(30,31)27-10-12-32-13-11-27/h7-8,14,17-18H,4-6,9-13,15-16H2,1-3H3,(H,24,28)(H,25,29). The summed E-state index contributed by atoms with van der Waals surface area (Å²) >= 11 is 0. The van der Waals surface area contributed by atoms with Crippen molar-refractivity contribution in [3.63, 3.8) is 0 Å². The summed E-state index contributed by atoms with van der Waals surface area (Å²) in [6.45, 7) is 8.32. The van der Waals surface area contributed by atoms with Crippen molar-refractivity contribution in [1.29, 1.82) is 0 Å². The van der Waals surface area contributed by atoms with Crippen LogP contribution in [0.2, 0.25) is 0 Å². The summed E-state index contributed by atoms with van der Waals surface area (Å²) in [5, 5.41) is 5.84. The van der Waals surface area contributed by atoms with Gasteiger partial charge in [-0.3, -0.25) is 14.5 Å². The van der Waals surface area contributed by atoms with E-state index in [4.69, 9.17) is 9.47 Å². The van der Waals surface area contributed by atoms with Crippen LogP contribution in [0.3, 0.4) is 0 Å². The molecule has 1 atom stereocenters. The van der Waals surface area contributed by atoms with E-state index in [2.05, 4.69) is 10.6 Å². The lowest BCUT2D eigenvalue weighted by molar-refractivity contribution is -0.121. The van der Waals surface area contributed by atoms with Gasteiger partial charge in [-0.25, -0.2) is 8.42 Å². The summed E-state index contributed by atoms with van der Waals surface area (Å²) in [6.07, 6.45) is 2.05. The monoisotopic (exact) mass is 496 g/mol. The molecule has 34 heavy (non-hydrogen) atoms. The second kappa shape index (κ2) is 12.0. The number of carbonyl (C=O) groups is 2. The number of benzene rings is 1. The fraction of sp³-hybridized carbons (Fsp3) is 0.652. The zero-order chi connectivity index (χ0) is 24.7. The van der Waals surface area contributed by atoms with Gasteiger partial charge in [-0.05, 0) is 51.4 Å². The Morgan fingerprint density at radius 3 is 2.59 bits per heavy atom. The summed E-state index contributed by atoms with van der Waals surface area (Å²) < 4.78 is 38.7. The number of anilines is 1. The van der Waals surface area contributed by atoms with Crippen LogP contribution in [0.25, 0.3) is 0 Å². The molecule has 0 spiro atoms. The van der Waals surface area contributed by atoms with Crippen molar-refractivity contribution in [3.8, 4) is 5.75 Å². The van der Waals surface area contributed by atoms with E-state index in [1.807, 2.05) is 25.7 Å². The lowest BCUT2D eigenvalue weighted by atomic mass is 10.1. The largest absolute Gasteiger partial charge is 0.489 e. The van der Waals surface area contributed by atoms with Crippen LogP contribution in [-0.4, -0.2) is 87.5 Å². The number of carbonyl (C=O) groups excluding carboxylic acids is 2. The van der Waals surface area contributed by atoms with Gasteiger partial charge >= 0.3 is 0 Å². The number of ether oxygens (including phenoxy) is 2. The third-order valence-corrected chi connectivity index (χ3v) is 7.65. The molecule has 1 aromatic rings. The zero-order valence-electron chi connectivity index (χ0n) is 20.2. The lowest BCUT2D eigenvalue weighted by Gasteiger charge is -2.32. The third-order valence-electron chi connectivity index (χ3n) is 5.75. The molecule has 2 amide bonds. The van der Waals surface area contributed by atoms with E-state index in [1.165, 1.54) is 16.4 Å². The van der Waals surface area contributed by atoms with Gasteiger partial charge in [0.25, 0.3) is 0 Å². The van der Waals surface area contributed by atoms with Gasteiger partial charge in [0.2, 0.25) is 21.8 Å². The highest BCUT2D eigenvalue weighted by Crippen LogP contribution is 2.30. The summed E-state index contributed by atoms with van der Waals surface area (Å²) in [6, 6.07) is 4.57. The molecule has 0 aliphatic carbocycles. The number of hydrogen-bond acceptors (Lipinski definition) is 7. The van der Waals surface area contributed by atoms with Crippen molar-refractivity contribution in [3.05, 3.63) is 18.2 Å². The van der Waals surface area contributed by atoms with Crippen molar-refractivity contribution in [1.82, 2.24) is 14.5 Å². The fourth-order valence-corrected chi connectivity index (χ4v) is 5.53. The Morgan fingerprint density at radius 1 is 1.18 bits per heavy atom. The van der Waals surface area contributed by atoms with E-state index in [0.717, 1.165) is 19.4 Å². The van der Waals surface area contributed by atoms with Crippen LogP contribution in [0.4, 0.5) is 5.69 Å². The van der Waals surface area contributed by atoms with Gasteiger partial charge in [-0.2, -0.15) is 4.31 Å². The fourth-order valence-electron chi connectivity index (χ4n) is 4.10. The summed E-state index contributed by atoms with van der Waals surface area (Å²) in [4.78, 5) is 26.7. The minimum Gasteiger partial charge on any atom is -0.489 e. The van der Waals surface area contributed by atoms with E-state index < -0.39 is 10.0 Å². The van der Waals surface area contributed by atoms with Crippen molar-refractivity contribution >= 4 is 27.5 Å². The predicted octanol–water partition coefficient (Wildman–Crippen LogP) is 1.42. The first-order valence-electron chi connectivity index (χ1n) is 11.9. The smallest absolute Gasteiger partial charge is 0.243 e. The maximum atomic E-state index is 13.1. The first kappa shape index (κ1) is 26.4. The minimum absolute atomic E-state index is 0.00469. The maximum Gasteiger partial charge on any atom is 0.243 e. The molecule has 1 unspecified atom stereocenters. The Kier molecular flexibility index (Phi) is 9.29. The normalized spacial score (nSPS) is 20.2. The Hall–Kier alpha value is -2.21. The molecule has 2 N–H and O–H groups in total. The molecular formula is C23H36N4O6S. The number of morpholine rings is 1. The number of nitrogens with zero attached hydrogens (tertiary/aromatic N) is 2. The van der Waals surface area contributed by atoms with Crippen molar-refractivity contribution in [2.45, 2.75) is 57.1 Å². The van der Waals surface area contributed by atoms with Crippen LogP contribution in [0.1, 0.15) is 40.0 Å². The highest BCUT2D eigenvalue weighted by molar-refractivity contribution is 7.89. The summed E-state index contributed by atoms with van der Waals surface area (Å²) in [7, 11) is -3.72. The van der Waals surface area contributed by atoms with Gasteiger partial charge in [0.05, 0.1) is 36.4 Å². The van der Waals surface area contributed by atoms with Crippen LogP contribution in [-0.2, 0) is 24.3 Å². The van der Waals surface area contributed by atoms with Crippen LogP contribution in [0, 0.1) is 0 Å². The molecule has 2 heterocycles. The molecule has 3 rings (SSSR count). The van der Waals surface area contributed by atoms with Gasteiger partial charge in [-0.1, -0.05) is 6.92 Å². The second-order valence-electron chi connectivity index (χ2n) is 8.88. The molecule has 2 fully saturated rings. The number of rotatable bonds is 9. The van der Waals surface area contributed by atoms with Crippen molar-refractivity contribution in [2.75, 3.05) is 51.3 Å². The molecule has 2 saturated heterocycles. The molecule has 11 heteroatoms. The Morgan fingerprint density at radius 2 is 1.91 bits per heavy atom. The highest BCUT2D eigenvalue weighted by Gasteiger charge is 2.28.